The lowest BCUT2D eigenvalue weighted by molar-refractivity contribution is -0.187. The standard InChI is InChI=1S/C36H47F6N5O8/c1-20(2)14-16-43-30(44-31(51)54-33(3,4)5)46(32(52)55-34(6,7)8)17-10-11-24-22-15-18-45(28(49)35(37,38)39)26(22)23-19-21(27(48)53-9)12-13-25(23)47(24)29(50)36(40,41)42/h12-14,19,22,24,26H,10-11,15-18H2,1-9H3,(H,43,44,51)/t22-,24-,26-/m0/s1. The molecule has 2 aliphatic rings. The van der Waals surface area contributed by atoms with Crippen molar-refractivity contribution >= 4 is 41.6 Å². The molecule has 0 spiro atoms. The fourth-order valence-electron chi connectivity index (χ4n) is 6.33. The molecule has 1 N–H and O–H groups in total. The average molecular weight is 792 g/mol. The lowest BCUT2D eigenvalue weighted by Crippen LogP contribution is -2.55. The third kappa shape index (κ3) is 11.6. The molecule has 55 heavy (non-hydrogen) atoms. The van der Waals surface area contributed by atoms with E-state index in [9.17, 15) is 50.3 Å². The summed E-state index contributed by atoms with van der Waals surface area (Å²) in [7, 11) is 1.02. The van der Waals surface area contributed by atoms with Gasteiger partial charge in [0.1, 0.15) is 11.2 Å². The first-order valence-electron chi connectivity index (χ1n) is 17.3. The normalized spacial score (nSPS) is 18.8. The van der Waals surface area contributed by atoms with Crippen LogP contribution in [0.3, 0.4) is 0 Å². The van der Waals surface area contributed by atoms with E-state index < -0.39 is 83.8 Å². The van der Waals surface area contributed by atoms with Crippen molar-refractivity contribution < 1.29 is 64.5 Å². The Balaban J connectivity index is 2.15. The van der Waals surface area contributed by atoms with E-state index in [-0.39, 0.29) is 49.4 Å². The molecule has 4 amide bonds. The highest BCUT2D eigenvalue weighted by Gasteiger charge is 2.57. The number of hydrogen-bond donors (Lipinski definition) is 1. The van der Waals surface area contributed by atoms with Gasteiger partial charge in [-0.15, -0.1) is 0 Å². The molecule has 3 atom stereocenters. The Hall–Kier alpha value is -4.84. The molecule has 1 saturated heterocycles. The highest BCUT2D eigenvalue weighted by atomic mass is 19.4. The zero-order valence-corrected chi connectivity index (χ0v) is 32.1. The van der Waals surface area contributed by atoms with Gasteiger partial charge in [-0.05, 0) is 98.4 Å². The molecular weight excluding hydrogens is 744 g/mol. The van der Waals surface area contributed by atoms with E-state index in [0.29, 0.717) is 9.80 Å². The Morgan fingerprint density at radius 3 is 2.05 bits per heavy atom. The van der Waals surface area contributed by atoms with Gasteiger partial charge in [-0.25, -0.2) is 24.3 Å². The van der Waals surface area contributed by atoms with Crippen LogP contribution < -0.4 is 10.2 Å². The molecule has 3 rings (SSSR count). The van der Waals surface area contributed by atoms with Gasteiger partial charge in [-0.2, -0.15) is 26.3 Å². The molecule has 0 unspecified atom stereocenters. The van der Waals surface area contributed by atoms with Gasteiger partial charge < -0.3 is 24.0 Å². The summed E-state index contributed by atoms with van der Waals surface area (Å²) < 4.78 is 100.0. The van der Waals surface area contributed by atoms with Crippen LogP contribution in [0.1, 0.15) is 96.6 Å². The zero-order valence-electron chi connectivity index (χ0n) is 32.1. The van der Waals surface area contributed by atoms with Crippen molar-refractivity contribution in [1.82, 2.24) is 15.1 Å². The summed E-state index contributed by atoms with van der Waals surface area (Å²) in [6.07, 6.45) is -11.9. The summed E-state index contributed by atoms with van der Waals surface area (Å²) in [5, 5.41) is 2.43. The number of nitrogens with one attached hydrogen (secondary N) is 1. The van der Waals surface area contributed by atoms with Gasteiger partial charge in [0.15, 0.2) is 0 Å². The first-order valence-corrected chi connectivity index (χ1v) is 17.3. The largest absolute Gasteiger partial charge is 0.471 e. The number of halogens is 6. The first kappa shape index (κ1) is 44.6. The molecule has 306 valence electrons. The average Bonchev–Trinajstić information content (AvgIpc) is 3.47. The second-order valence-corrected chi connectivity index (χ2v) is 15.2. The van der Waals surface area contributed by atoms with Crippen molar-refractivity contribution in [1.29, 1.82) is 0 Å². The topological polar surface area (TPSA) is 147 Å². The van der Waals surface area contributed by atoms with E-state index in [1.54, 1.807) is 61.5 Å². The Morgan fingerprint density at radius 1 is 0.927 bits per heavy atom. The number of hydrogen-bond acceptors (Lipinski definition) is 9. The number of amides is 4. The van der Waals surface area contributed by atoms with Gasteiger partial charge >= 0.3 is 42.3 Å². The number of benzene rings is 1. The number of likely N-dealkylation sites (tertiary alicyclic amines) is 1. The number of fused-ring (bicyclic) bond motifs is 3. The molecule has 19 heteroatoms. The summed E-state index contributed by atoms with van der Waals surface area (Å²) in [6, 6.07) is 0.121. The predicted molar refractivity (Wildman–Crippen MR) is 187 cm³/mol. The summed E-state index contributed by atoms with van der Waals surface area (Å²) >= 11 is 0. The van der Waals surface area contributed by atoms with Crippen LogP contribution in [0.15, 0.2) is 34.8 Å². The van der Waals surface area contributed by atoms with Crippen LogP contribution in [0.2, 0.25) is 0 Å². The number of carbonyl (C=O) groups excluding carboxylic acids is 5. The highest BCUT2D eigenvalue weighted by Crippen LogP contribution is 2.52. The van der Waals surface area contributed by atoms with Crippen molar-refractivity contribution in [2.24, 2.45) is 10.9 Å². The molecule has 1 aromatic carbocycles. The number of guanidine groups is 1. The number of allylic oxidation sites excluding steroid dienone is 1. The molecule has 0 bridgehead atoms. The smallest absolute Gasteiger partial charge is 0.465 e. The molecule has 0 saturated carbocycles. The molecule has 0 aromatic heterocycles. The minimum absolute atomic E-state index is 0.0274. The molecule has 13 nitrogen and oxygen atoms in total. The second kappa shape index (κ2) is 16.9. The fraction of sp³-hybridized carbons (Fsp3) is 0.611. The van der Waals surface area contributed by atoms with Crippen LogP contribution >= 0.6 is 0 Å². The number of anilines is 1. The number of alkyl halides is 6. The number of nitrogens with zero attached hydrogens (tertiary/aromatic N) is 4. The Bertz CT molecular complexity index is 1690. The maximum absolute atomic E-state index is 14.3. The number of alkyl carbamates (subject to hydrolysis) is 1. The minimum atomic E-state index is -5.45. The van der Waals surface area contributed by atoms with Gasteiger partial charge in [-0.3, -0.25) is 14.9 Å². The number of methoxy groups -OCH3 is 1. The zero-order chi connectivity index (χ0) is 41.8. The van der Waals surface area contributed by atoms with Gasteiger partial charge in [0.05, 0.1) is 25.3 Å². The molecule has 2 aliphatic heterocycles. The number of aliphatic imine (C=N–C) groups is 1. The maximum atomic E-state index is 14.3. The van der Waals surface area contributed by atoms with Crippen LogP contribution in [0.25, 0.3) is 0 Å². The SMILES string of the molecule is COC(=O)c1ccc2c(c1)[C@@H]1[C@@H](CCN1C(=O)C(F)(F)F)[C@H](CCCN(C(=O)OC(C)(C)C)C(=NCC=C(C)C)NC(=O)OC(C)(C)C)N2C(=O)C(F)(F)F. The Labute approximate surface area is 315 Å². The van der Waals surface area contributed by atoms with Crippen molar-refractivity contribution in [3.63, 3.8) is 0 Å². The van der Waals surface area contributed by atoms with E-state index >= 15 is 0 Å². The van der Waals surface area contributed by atoms with Gasteiger partial charge in [-0.1, -0.05) is 11.6 Å². The third-order valence-corrected chi connectivity index (χ3v) is 8.37. The summed E-state index contributed by atoms with van der Waals surface area (Å²) in [5.74, 6) is -7.03. The van der Waals surface area contributed by atoms with E-state index in [0.717, 1.165) is 35.8 Å². The quantitative estimate of drug-likeness (QED) is 0.0771. The molecular formula is C36H47F6N5O8. The van der Waals surface area contributed by atoms with Crippen LogP contribution in [0.5, 0.6) is 0 Å². The minimum Gasteiger partial charge on any atom is -0.465 e. The first-order chi connectivity index (χ1) is 25.2. The maximum Gasteiger partial charge on any atom is 0.471 e. The van der Waals surface area contributed by atoms with Crippen LogP contribution in [0, 0.1) is 5.92 Å². The lowest BCUT2D eigenvalue weighted by atomic mass is 9.79. The van der Waals surface area contributed by atoms with Crippen molar-refractivity contribution in [3.05, 3.63) is 41.0 Å². The van der Waals surface area contributed by atoms with Gasteiger partial charge in [0, 0.05) is 30.7 Å². The molecule has 1 fully saturated rings. The van der Waals surface area contributed by atoms with E-state index in [1.807, 2.05) is 0 Å². The number of ether oxygens (including phenoxy) is 3. The fourth-order valence-corrected chi connectivity index (χ4v) is 6.33. The summed E-state index contributed by atoms with van der Waals surface area (Å²) in [4.78, 5) is 71.0. The molecule has 2 heterocycles. The van der Waals surface area contributed by atoms with Crippen LogP contribution in [-0.4, -0.2) is 102 Å². The van der Waals surface area contributed by atoms with Crippen molar-refractivity contribution in [2.45, 2.75) is 110 Å². The number of carbonyl (C=O) groups is 5. The molecule has 0 aliphatic carbocycles. The van der Waals surface area contributed by atoms with Gasteiger partial charge in [0.2, 0.25) is 5.96 Å². The van der Waals surface area contributed by atoms with E-state index in [2.05, 4.69) is 10.3 Å². The van der Waals surface area contributed by atoms with Crippen molar-refractivity contribution in [3.8, 4) is 0 Å². The summed E-state index contributed by atoms with van der Waals surface area (Å²) in [5.41, 5.74) is -2.14. The molecule has 0 radical (unpaired) electrons. The monoisotopic (exact) mass is 791 g/mol. The Morgan fingerprint density at radius 2 is 1.53 bits per heavy atom. The second-order valence-electron chi connectivity index (χ2n) is 15.2. The summed E-state index contributed by atoms with van der Waals surface area (Å²) in [6.45, 7) is 12.2. The Kier molecular flexibility index (Phi) is 13.7. The van der Waals surface area contributed by atoms with Gasteiger partial charge in [0.25, 0.3) is 0 Å². The molecule has 1 aromatic rings. The third-order valence-electron chi connectivity index (χ3n) is 8.37. The number of rotatable bonds is 7. The van der Waals surface area contributed by atoms with Crippen LogP contribution in [-0.2, 0) is 23.8 Å². The van der Waals surface area contributed by atoms with Crippen LogP contribution in [0.4, 0.5) is 41.6 Å². The van der Waals surface area contributed by atoms with E-state index in [4.69, 9.17) is 14.2 Å². The predicted octanol–water partition coefficient (Wildman–Crippen LogP) is 7.07. The lowest BCUT2D eigenvalue weighted by Gasteiger charge is -2.46. The van der Waals surface area contributed by atoms with Crippen molar-refractivity contribution in [2.75, 3.05) is 31.6 Å². The van der Waals surface area contributed by atoms with E-state index in [1.165, 1.54) is 0 Å². The highest BCUT2D eigenvalue weighted by molar-refractivity contribution is 6.02. The number of esters is 1.